The van der Waals surface area contributed by atoms with Gasteiger partial charge in [-0.1, -0.05) is 17.4 Å². The second-order valence-corrected chi connectivity index (χ2v) is 9.20. The predicted molar refractivity (Wildman–Crippen MR) is 119 cm³/mol. The molecule has 2 saturated heterocycles. The first-order chi connectivity index (χ1) is 15.5. The van der Waals surface area contributed by atoms with Gasteiger partial charge >= 0.3 is 6.01 Å². The predicted octanol–water partition coefficient (Wildman–Crippen LogP) is 2.78. The van der Waals surface area contributed by atoms with Gasteiger partial charge in [-0.05, 0) is 38.4 Å². The van der Waals surface area contributed by atoms with Crippen LogP contribution in [0.15, 0.2) is 24.5 Å². The van der Waals surface area contributed by atoms with Gasteiger partial charge < -0.3 is 14.7 Å². The Morgan fingerprint density at radius 1 is 1.25 bits per heavy atom. The van der Waals surface area contributed by atoms with Crippen molar-refractivity contribution in [2.45, 2.75) is 43.6 Å². The van der Waals surface area contributed by atoms with E-state index >= 15 is 4.39 Å². The van der Waals surface area contributed by atoms with Crippen LogP contribution in [0.5, 0.6) is 11.8 Å². The lowest BCUT2D eigenvalue weighted by Crippen LogP contribution is -2.56. The molecular formula is C21H24FN7O2S. The highest BCUT2D eigenvalue weighted by Crippen LogP contribution is 2.41. The van der Waals surface area contributed by atoms with E-state index in [4.69, 9.17) is 4.74 Å². The molecule has 1 N–H and O–H groups in total. The van der Waals surface area contributed by atoms with Gasteiger partial charge in [-0.15, -0.1) is 10.2 Å². The number of benzene rings is 1. The zero-order valence-corrected chi connectivity index (χ0v) is 18.8. The second-order valence-electron chi connectivity index (χ2n) is 8.24. The Morgan fingerprint density at radius 2 is 2.09 bits per heavy atom. The zero-order chi connectivity index (χ0) is 22.4. The Bertz CT molecular complexity index is 1130. The van der Waals surface area contributed by atoms with E-state index < -0.39 is 6.17 Å². The van der Waals surface area contributed by atoms with Crippen LogP contribution in [0.3, 0.4) is 0 Å². The molecule has 2 fully saturated rings. The largest absolute Gasteiger partial charge is 0.507 e. The molecule has 4 atom stereocenters. The number of alkyl halides is 1. The van der Waals surface area contributed by atoms with E-state index in [1.165, 1.54) is 24.8 Å². The number of piperidine rings is 1. The van der Waals surface area contributed by atoms with Crippen molar-refractivity contribution in [2.24, 2.45) is 0 Å². The first kappa shape index (κ1) is 21.0. The van der Waals surface area contributed by atoms with Crippen LogP contribution in [0.4, 0.5) is 9.52 Å². The number of fused-ring (bicyclic) bond motifs is 2. The van der Waals surface area contributed by atoms with Crippen molar-refractivity contribution in [2.75, 3.05) is 26.1 Å². The SMILES string of the molecule is COc1ncnc(-c2ccc(-c3nnc(N(C)[C@H]4CC5CCC([C@H]4F)N5C)s3)c(O)c2)n1. The van der Waals surface area contributed by atoms with Gasteiger partial charge in [-0.25, -0.2) is 9.37 Å². The van der Waals surface area contributed by atoms with Crippen LogP contribution in [0.2, 0.25) is 0 Å². The summed E-state index contributed by atoms with van der Waals surface area (Å²) in [5, 5.41) is 20.4. The topological polar surface area (TPSA) is 100 Å². The number of methoxy groups -OCH3 is 1. The first-order valence-electron chi connectivity index (χ1n) is 10.5. The molecule has 4 heterocycles. The van der Waals surface area contributed by atoms with E-state index in [2.05, 4.69) is 30.0 Å². The Hall–Kier alpha value is -2.92. The number of phenols is 1. The lowest BCUT2D eigenvalue weighted by atomic mass is 9.95. The number of nitrogens with zero attached hydrogens (tertiary/aromatic N) is 7. The van der Waals surface area contributed by atoms with Crippen molar-refractivity contribution in [1.82, 2.24) is 30.0 Å². The van der Waals surface area contributed by atoms with E-state index in [9.17, 15) is 5.11 Å². The van der Waals surface area contributed by atoms with Gasteiger partial charge in [0, 0.05) is 24.7 Å². The lowest BCUT2D eigenvalue weighted by molar-refractivity contribution is 0.0703. The Labute approximate surface area is 188 Å². The second kappa shape index (κ2) is 8.21. The minimum Gasteiger partial charge on any atom is -0.507 e. The molecule has 2 unspecified atom stereocenters. The third-order valence-corrected chi connectivity index (χ3v) is 7.62. The van der Waals surface area contributed by atoms with Gasteiger partial charge in [-0.3, -0.25) is 4.90 Å². The number of hydrogen-bond donors (Lipinski definition) is 1. The summed E-state index contributed by atoms with van der Waals surface area (Å²) in [6, 6.07) is 5.47. The Kier molecular flexibility index (Phi) is 5.38. The standard InChI is InChI=1S/C21H24FN7O2S/c1-28-12-5-7-14(28)17(22)15(9-12)29(2)21-27-26-19(32-21)13-6-4-11(8-16(13)30)18-23-10-24-20(25-18)31-3/h4,6,8,10,12,14-15,17,30H,5,7,9H2,1-3H3/t12?,14?,15-,17+/m0/s1. The third-order valence-electron chi connectivity index (χ3n) is 6.58. The molecule has 0 saturated carbocycles. The number of phenolic OH excluding ortho intramolecular Hbond substituents is 1. The highest BCUT2D eigenvalue weighted by atomic mass is 32.1. The van der Waals surface area contributed by atoms with Gasteiger partial charge in [-0.2, -0.15) is 9.97 Å². The van der Waals surface area contributed by atoms with Gasteiger partial charge in [0.1, 0.15) is 18.2 Å². The summed E-state index contributed by atoms with van der Waals surface area (Å²) >= 11 is 1.34. The van der Waals surface area contributed by atoms with E-state index in [1.807, 2.05) is 19.0 Å². The molecule has 32 heavy (non-hydrogen) atoms. The molecule has 0 aliphatic carbocycles. The molecule has 5 rings (SSSR count). The van der Waals surface area contributed by atoms with Crippen LogP contribution in [0.25, 0.3) is 22.0 Å². The Balaban J connectivity index is 1.37. The average molecular weight is 458 g/mol. The molecule has 2 aromatic heterocycles. The van der Waals surface area contributed by atoms with Crippen molar-refractivity contribution < 1.29 is 14.2 Å². The molecule has 2 aliphatic heterocycles. The zero-order valence-electron chi connectivity index (χ0n) is 18.0. The smallest absolute Gasteiger partial charge is 0.319 e. The highest BCUT2D eigenvalue weighted by molar-refractivity contribution is 7.18. The fourth-order valence-electron chi connectivity index (χ4n) is 4.73. The number of hydrogen-bond acceptors (Lipinski definition) is 10. The molecule has 9 nitrogen and oxygen atoms in total. The highest BCUT2D eigenvalue weighted by Gasteiger charge is 2.47. The fourth-order valence-corrected chi connectivity index (χ4v) is 5.62. The maximum Gasteiger partial charge on any atom is 0.319 e. The molecule has 11 heteroatoms. The van der Waals surface area contributed by atoms with Crippen LogP contribution in [-0.2, 0) is 0 Å². The van der Waals surface area contributed by atoms with Crippen molar-refractivity contribution >= 4 is 16.5 Å². The summed E-state index contributed by atoms with van der Waals surface area (Å²) in [5.41, 5.74) is 1.17. The number of halogens is 1. The van der Waals surface area contributed by atoms with Crippen molar-refractivity contribution in [3.8, 4) is 33.7 Å². The molecule has 3 aromatic rings. The van der Waals surface area contributed by atoms with Crippen LogP contribution in [0, 0.1) is 0 Å². The summed E-state index contributed by atoms with van der Waals surface area (Å²) < 4.78 is 20.2. The summed E-state index contributed by atoms with van der Waals surface area (Å²) in [4.78, 5) is 16.3. The number of aromatic nitrogens is 5. The molecule has 0 amide bonds. The monoisotopic (exact) mass is 457 g/mol. The third kappa shape index (κ3) is 3.55. The minimum atomic E-state index is -0.930. The summed E-state index contributed by atoms with van der Waals surface area (Å²) in [5.74, 6) is 0.426. The molecule has 168 valence electrons. The Morgan fingerprint density at radius 3 is 2.88 bits per heavy atom. The van der Waals surface area contributed by atoms with Gasteiger partial charge in [0.15, 0.2) is 10.8 Å². The van der Waals surface area contributed by atoms with Gasteiger partial charge in [0.2, 0.25) is 5.13 Å². The number of ether oxygens (including phenoxy) is 1. The minimum absolute atomic E-state index is 0.0285. The number of aromatic hydroxyl groups is 1. The van der Waals surface area contributed by atoms with Crippen molar-refractivity contribution in [3.05, 3.63) is 24.5 Å². The maximum atomic E-state index is 15.2. The quantitative estimate of drug-likeness (QED) is 0.620. The van der Waals surface area contributed by atoms with Crippen LogP contribution in [-0.4, -0.2) is 80.7 Å². The fraction of sp³-hybridized carbons (Fsp3) is 0.476. The van der Waals surface area contributed by atoms with Crippen molar-refractivity contribution in [1.29, 1.82) is 0 Å². The van der Waals surface area contributed by atoms with Gasteiger partial charge in [0.25, 0.3) is 0 Å². The van der Waals surface area contributed by atoms with Crippen LogP contribution >= 0.6 is 11.3 Å². The van der Waals surface area contributed by atoms with E-state index in [-0.39, 0.29) is 23.8 Å². The van der Waals surface area contributed by atoms with E-state index in [0.29, 0.717) is 33.1 Å². The summed E-state index contributed by atoms with van der Waals surface area (Å²) in [6.45, 7) is 0. The molecule has 2 aliphatic rings. The average Bonchev–Trinajstić information content (AvgIpc) is 3.39. The van der Waals surface area contributed by atoms with E-state index in [1.54, 1.807) is 18.2 Å². The molecule has 0 spiro atoms. The van der Waals surface area contributed by atoms with Crippen LogP contribution in [0.1, 0.15) is 19.3 Å². The van der Waals surface area contributed by atoms with Gasteiger partial charge in [0.05, 0.1) is 18.7 Å². The molecule has 2 bridgehead atoms. The summed E-state index contributed by atoms with van der Waals surface area (Å²) in [6.07, 6.45) is 3.14. The maximum absolute atomic E-state index is 15.2. The lowest BCUT2D eigenvalue weighted by Gasteiger charge is -2.42. The van der Waals surface area contributed by atoms with E-state index in [0.717, 1.165) is 19.3 Å². The van der Waals surface area contributed by atoms with Crippen molar-refractivity contribution in [3.63, 3.8) is 0 Å². The molecule has 1 aromatic carbocycles. The number of anilines is 1. The molecule has 0 radical (unpaired) electrons. The first-order valence-corrected chi connectivity index (χ1v) is 11.3. The molecular weight excluding hydrogens is 433 g/mol. The number of rotatable bonds is 5. The summed E-state index contributed by atoms with van der Waals surface area (Å²) in [7, 11) is 5.38. The normalized spacial score (nSPS) is 25.1. The van der Waals surface area contributed by atoms with Crippen LogP contribution < -0.4 is 9.64 Å².